The predicted molar refractivity (Wildman–Crippen MR) is 114 cm³/mol. The van der Waals surface area contributed by atoms with Gasteiger partial charge in [0.05, 0.1) is 0 Å². The Hall–Kier alpha value is -0.820. The topological polar surface area (TPSA) is 30.9 Å². The maximum absolute atomic E-state index is 4.88. The fraction of sp³-hybridized carbons (Fsp3) is 0.632. The molecule has 0 aliphatic carbocycles. The van der Waals surface area contributed by atoms with E-state index in [1.54, 1.807) is 0 Å². The highest BCUT2D eigenvalue weighted by Crippen LogP contribution is 2.16. The first-order valence-electron chi connectivity index (χ1n) is 8.89. The van der Waals surface area contributed by atoms with Gasteiger partial charge in [-0.1, -0.05) is 36.8 Å². The van der Waals surface area contributed by atoms with E-state index in [4.69, 9.17) is 4.99 Å². The molecule has 0 amide bonds. The van der Waals surface area contributed by atoms with E-state index < -0.39 is 0 Å². The highest BCUT2D eigenvalue weighted by atomic mass is 127. The third-order valence-electron chi connectivity index (χ3n) is 4.55. The monoisotopic (exact) mass is 444 g/mol. The van der Waals surface area contributed by atoms with Crippen molar-refractivity contribution in [3.63, 3.8) is 0 Å². The van der Waals surface area contributed by atoms with Gasteiger partial charge >= 0.3 is 0 Å². The molecule has 0 radical (unpaired) electrons. The quantitative estimate of drug-likeness (QED) is 0.415. The summed E-state index contributed by atoms with van der Waals surface area (Å²) < 4.78 is 0. The summed E-state index contributed by atoms with van der Waals surface area (Å²) in [5.41, 5.74) is 2.63. The van der Waals surface area contributed by atoms with Crippen molar-refractivity contribution >= 4 is 29.9 Å². The lowest BCUT2D eigenvalue weighted by Gasteiger charge is -2.23. The fourth-order valence-corrected chi connectivity index (χ4v) is 3.08. The van der Waals surface area contributed by atoms with Gasteiger partial charge in [0.2, 0.25) is 0 Å². The number of guanidine groups is 1. The molecule has 1 N–H and O–H groups in total. The third-order valence-corrected chi connectivity index (χ3v) is 4.55. The van der Waals surface area contributed by atoms with E-state index in [2.05, 4.69) is 67.2 Å². The fourth-order valence-electron chi connectivity index (χ4n) is 3.08. The van der Waals surface area contributed by atoms with Crippen molar-refractivity contribution < 1.29 is 0 Å². The van der Waals surface area contributed by atoms with Crippen LogP contribution in [0.25, 0.3) is 0 Å². The minimum absolute atomic E-state index is 0. The number of likely N-dealkylation sites (tertiary alicyclic amines) is 1. The van der Waals surface area contributed by atoms with Crippen molar-refractivity contribution in [2.24, 2.45) is 10.9 Å². The minimum Gasteiger partial charge on any atom is -0.357 e. The van der Waals surface area contributed by atoms with E-state index >= 15 is 0 Å². The Bertz CT molecular complexity index is 501. The number of nitrogens with zero attached hydrogens (tertiary/aromatic N) is 3. The van der Waals surface area contributed by atoms with Crippen LogP contribution in [-0.2, 0) is 6.54 Å². The molecule has 1 atom stereocenters. The van der Waals surface area contributed by atoms with Crippen LogP contribution < -0.4 is 5.32 Å². The van der Waals surface area contributed by atoms with E-state index in [1.807, 2.05) is 0 Å². The molecule has 136 valence electrons. The first-order valence-corrected chi connectivity index (χ1v) is 8.89. The van der Waals surface area contributed by atoms with Gasteiger partial charge in [0.25, 0.3) is 0 Å². The number of aryl methyl sites for hydroxylation is 1. The van der Waals surface area contributed by atoms with Gasteiger partial charge in [0.1, 0.15) is 0 Å². The molecule has 1 aliphatic rings. The van der Waals surface area contributed by atoms with Crippen molar-refractivity contribution in [1.29, 1.82) is 0 Å². The number of benzene rings is 1. The van der Waals surface area contributed by atoms with Crippen LogP contribution in [0.2, 0.25) is 0 Å². The number of rotatable bonds is 6. The molecular weight excluding hydrogens is 411 g/mol. The zero-order chi connectivity index (χ0) is 16.7. The van der Waals surface area contributed by atoms with Crippen LogP contribution >= 0.6 is 24.0 Å². The van der Waals surface area contributed by atoms with Gasteiger partial charge in [0.15, 0.2) is 5.96 Å². The Morgan fingerprint density at radius 2 is 2.00 bits per heavy atom. The lowest BCUT2D eigenvalue weighted by atomic mass is 10.1. The average Bonchev–Trinajstić information content (AvgIpc) is 3.01. The zero-order valence-corrected chi connectivity index (χ0v) is 17.9. The van der Waals surface area contributed by atoms with Crippen molar-refractivity contribution in [2.75, 3.05) is 39.8 Å². The van der Waals surface area contributed by atoms with Crippen LogP contribution in [0.15, 0.2) is 29.3 Å². The Morgan fingerprint density at radius 1 is 1.29 bits per heavy atom. The smallest absolute Gasteiger partial charge is 0.193 e. The number of nitrogens with one attached hydrogen (secondary N) is 1. The van der Waals surface area contributed by atoms with Crippen molar-refractivity contribution in [2.45, 2.75) is 33.7 Å². The van der Waals surface area contributed by atoms with Gasteiger partial charge < -0.3 is 15.1 Å². The van der Waals surface area contributed by atoms with E-state index in [0.29, 0.717) is 5.92 Å². The number of hydrogen-bond acceptors (Lipinski definition) is 2. The highest BCUT2D eigenvalue weighted by Gasteiger charge is 2.21. The number of hydrogen-bond donors (Lipinski definition) is 1. The Morgan fingerprint density at radius 3 is 2.58 bits per heavy atom. The molecule has 4 nitrogen and oxygen atoms in total. The lowest BCUT2D eigenvalue weighted by molar-refractivity contribution is 0.343. The first-order chi connectivity index (χ1) is 11.1. The van der Waals surface area contributed by atoms with E-state index in [1.165, 1.54) is 30.6 Å². The van der Waals surface area contributed by atoms with Crippen LogP contribution in [0.5, 0.6) is 0 Å². The molecule has 5 heteroatoms. The Kier molecular flexibility index (Phi) is 9.66. The van der Waals surface area contributed by atoms with E-state index in [-0.39, 0.29) is 24.0 Å². The first kappa shape index (κ1) is 21.2. The number of aliphatic imine (C=N–C) groups is 1. The molecule has 0 aromatic heterocycles. The van der Waals surface area contributed by atoms with E-state index in [0.717, 1.165) is 32.1 Å². The van der Waals surface area contributed by atoms with Crippen LogP contribution in [0, 0.1) is 12.8 Å². The molecule has 1 aromatic rings. The second-order valence-corrected chi connectivity index (χ2v) is 6.58. The molecule has 24 heavy (non-hydrogen) atoms. The molecule has 1 fully saturated rings. The summed E-state index contributed by atoms with van der Waals surface area (Å²) in [5.74, 6) is 1.72. The minimum atomic E-state index is 0. The highest BCUT2D eigenvalue weighted by molar-refractivity contribution is 14.0. The molecule has 1 saturated heterocycles. The molecule has 1 heterocycles. The lowest BCUT2D eigenvalue weighted by Crippen LogP contribution is -2.39. The predicted octanol–water partition coefficient (Wildman–Crippen LogP) is 3.35. The molecular formula is C19H33IN4. The van der Waals surface area contributed by atoms with E-state index in [9.17, 15) is 0 Å². The normalized spacial score (nSPS) is 18.3. The summed E-state index contributed by atoms with van der Waals surface area (Å²) in [6.45, 7) is 12.8. The van der Waals surface area contributed by atoms with Gasteiger partial charge in [0, 0.05) is 33.2 Å². The van der Waals surface area contributed by atoms with Gasteiger partial charge in [-0.15, -0.1) is 24.0 Å². The average molecular weight is 444 g/mol. The van der Waals surface area contributed by atoms with Gasteiger partial charge in [-0.05, 0) is 44.8 Å². The summed E-state index contributed by atoms with van der Waals surface area (Å²) in [7, 11) is 2.12. The maximum Gasteiger partial charge on any atom is 0.193 e. The van der Waals surface area contributed by atoms with Gasteiger partial charge in [-0.3, -0.25) is 4.99 Å². The van der Waals surface area contributed by atoms with Crippen molar-refractivity contribution in [3.05, 3.63) is 35.4 Å². The van der Waals surface area contributed by atoms with Crippen LogP contribution in [0.4, 0.5) is 0 Å². The molecule has 1 unspecified atom stereocenters. The molecule has 1 aromatic carbocycles. The summed E-state index contributed by atoms with van der Waals surface area (Å²) in [6, 6.07) is 8.74. The summed E-state index contributed by atoms with van der Waals surface area (Å²) in [5, 5.41) is 3.43. The number of halogens is 1. The zero-order valence-electron chi connectivity index (χ0n) is 15.6. The Labute approximate surface area is 164 Å². The molecule has 0 saturated carbocycles. The largest absolute Gasteiger partial charge is 0.357 e. The van der Waals surface area contributed by atoms with Crippen molar-refractivity contribution in [3.8, 4) is 0 Å². The SMILES string of the molecule is CCNC(=NCC1CCN(CC)C1)N(C)Cc1ccc(C)cc1.I. The van der Waals surface area contributed by atoms with Gasteiger partial charge in [-0.25, -0.2) is 0 Å². The molecule has 2 rings (SSSR count). The molecule has 0 bridgehead atoms. The van der Waals surface area contributed by atoms with Crippen LogP contribution in [0.3, 0.4) is 0 Å². The second kappa shape index (κ2) is 10.9. The second-order valence-electron chi connectivity index (χ2n) is 6.58. The van der Waals surface area contributed by atoms with Crippen LogP contribution in [0.1, 0.15) is 31.4 Å². The maximum atomic E-state index is 4.88. The molecule has 0 spiro atoms. The van der Waals surface area contributed by atoms with Gasteiger partial charge in [-0.2, -0.15) is 0 Å². The third kappa shape index (κ3) is 6.59. The summed E-state index contributed by atoms with van der Waals surface area (Å²) in [6.07, 6.45) is 1.28. The molecule has 1 aliphatic heterocycles. The summed E-state index contributed by atoms with van der Waals surface area (Å²) in [4.78, 5) is 9.62. The summed E-state index contributed by atoms with van der Waals surface area (Å²) >= 11 is 0. The van der Waals surface area contributed by atoms with Crippen molar-refractivity contribution in [1.82, 2.24) is 15.1 Å². The van der Waals surface area contributed by atoms with Crippen LogP contribution in [-0.4, -0.2) is 55.5 Å². The Balaban J connectivity index is 0.00000288. The standard InChI is InChI=1S/C19H32N4.HI/c1-5-20-19(21-13-18-11-12-23(6-2)15-18)22(4)14-17-9-7-16(3)8-10-17;/h7-10,18H,5-6,11-15H2,1-4H3,(H,20,21);1H.